The first kappa shape index (κ1) is 48.6. The molecule has 0 N–H and O–H groups in total. The van der Waals surface area contributed by atoms with Crippen LogP contribution in [0.5, 0.6) is 0 Å². The third kappa shape index (κ3) is 6.98. The fourth-order valence-corrected chi connectivity index (χ4v) is 13.7. The fraction of sp³-hybridized carbons (Fsp3) is 0.260. The molecule has 0 fully saturated rings. The van der Waals surface area contributed by atoms with Crippen LogP contribution < -0.4 is 20.7 Å². The lowest BCUT2D eigenvalue weighted by Crippen LogP contribution is -2.57. The third-order valence-corrected chi connectivity index (χ3v) is 17.9. The van der Waals surface area contributed by atoms with Crippen molar-refractivity contribution in [3.63, 3.8) is 0 Å². The van der Waals surface area contributed by atoms with Crippen molar-refractivity contribution in [3.8, 4) is 22.3 Å². The standard InChI is InChI=1S/C73H70BN3O/c1-69(2,3)43-26-31-47(32-27-43)75(48-33-28-44(29-34-48)70(4,5)6)49-35-37-60-58(41-49)74-66-62(76(60)61-24-19-22-52-51-21-16-18-25-63(51)78-68(52)61)42-54-50-20-15-17-23-57(50)73(13,14)65(54)64(66)56-40-46(72(10,11)12)39-55-53-38-45(71(7,8)9)30-36-59(53)77(74)67(55)56/h15-42H,1-14H3. The van der Waals surface area contributed by atoms with Gasteiger partial charge in [0.2, 0.25) is 0 Å². The number of hydrogen-bond acceptors (Lipinski definition) is 3. The average Bonchev–Trinajstić information content (AvgIpc) is 3.00. The maximum atomic E-state index is 7.08. The minimum Gasteiger partial charge on any atom is -0.454 e. The maximum absolute atomic E-state index is 7.08. The molecule has 0 amide bonds. The van der Waals surface area contributed by atoms with E-state index in [1.54, 1.807) is 0 Å². The van der Waals surface area contributed by atoms with E-state index in [4.69, 9.17) is 4.42 Å². The highest BCUT2D eigenvalue weighted by molar-refractivity contribution is 6.90. The van der Waals surface area contributed by atoms with Crippen molar-refractivity contribution in [2.24, 2.45) is 0 Å². The summed E-state index contributed by atoms with van der Waals surface area (Å²) in [4.78, 5) is 5.06. The number of para-hydroxylation sites is 2. The van der Waals surface area contributed by atoms with E-state index < -0.39 is 0 Å². The van der Waals surface area contributed by atoms with Gasteiger partial charge in [0, 0.05) is 72.0 Å². The highest BCUT2D eigenvalue weighted by Gasteiger charge is 2.49. The fourth-order valence-electron chi connectivity index (χ4n) is 13.7. The zero-order chi connectivity index (χ0) is 54.3. The van der Waals surface area contributed by atoms with Crippen molar-refractivity contribution in [2.45, 2.75) is 124 Å². The molecule has 0 atom stereocenters. The molecule has 14 rings (SSSR count). The summed E-state index contributed by atoms with van der Waals surface area (Å²) < 4.78 is 9.83. The van der Waals surface area contributed by atoms with Crippen LogP contribution in [0.3, 0.4) is 0 Å². The summed E-state index contributed by atoms with van der Waals surface area (Å²) in [5, 5.41) is 4.87. The summed E-state index contributed by atoms with van der Waals surface area (Å²) in [6.45, 7) is 32.7. The third-order valence-electron chi connectivity index (χ3n) is 17.9. The van der Waals surface area contributed by atoms with Crippen LogP contribution in [0.2, 0.25) is 0 Å². The van der Waals surface area contributed by atoms with Gasteiger partial charge in [-0.1, -0.05) is 182 Å². The van der Waals surface area contributed by atoms with Gasteiger partial charge >= 0.3 is 6.85 Å². The summed E-state index contributed by atoms with van der Waals surface area (Å²) >= 11 is 0. The van der Waals surface area contributed by atoms with E-state index in [2.05, 4.69) is 281 Å². The van der Waals surface area contributed by atoms with Gasteiger partial charge in [-0.2, -0.15) is 0 Å². The molecule has 386 valence electrons. The number of aromatic nitrogens is 1. The zero-order valence-corrected chi connectivity index (χ0v) is 48.0. The first-order valence-corrected chi connectivity index (χ1v) is 28.3. The number of anilines is 6. The number of fused-ring (bicyclic) bond motifs is 14. The van der Waals surface area contributed by atoms with Crippen LogP contribution in [0.25, 0.3) is 66.0 Å². The van der Waals surface area contributed by atoms with Crippen LogP contribution in [-0.4, -0.2) is 11.3 Å². The topological polar surface area (TPSA) is 24.6 Å². The summed E-state index contributed by atoms with van der Waals surface area (Å²) in [7, 11) is 0. The van der Waals surface area contributed by atoms with Gasteiger partial charge < -0.3 is 18.7 Å². The van der Waals surface area contributed by atoms with Crippen molar-refractivity contribution in [2.75, 3.05) is 9.80 Å². The average molecular weight is 1020 g/mol. The molecule has 4 nitrogen and oxygen atoms in total. The van der Waals surface area contributed by atoms with Crippen LogP contribution in [-0.2, 0) is 27.1 Å². The molecule has 0 unspecified atom stereocenters. The highest BCUT2D eigenvalue weighted by atomic mass is 16.3. The minimum absolute atomic E-state index is 0.0142. The van der Waals surface area contributed by atoms with Crippen LogP contribution >= 0.6 is 0 Å². The van der Waals surface area contributed by atoms with E-state index in [0.29, 0.717) is 0 Å². The number of furan rings is 1. The Morgan fingerprint density at radius 2 is 1.04 bits per heavy atom. The molecule has 0 saturated carbocycles. The van der Waals surface area contributed by atoms with Crippen LogP contribution in [0.1, 0.15) is 130 Å². The highest BCUT2D eigenvalue weighted by Crippen LogP contribution is 2.58. The quantitative estimate of drug-likeness (QED) is 0.164. The van der Waals surface area contributed by atoms with E-state index in [9.17, 15) is 0 Å². The molecule has 3 aliphatic rings. The summed E-state index contributed by atoms with van der Waals surface area (Å²) in [6, 6.07) is 65.4. The van der Waals surface area contributed by atoms with Crippen molar-refractivity contribution in [3.05, 3.63) is 203 Å². The van der Waals surface area contributed by atoms with Gasteiger partial charge in [-0.25, -0.2) is 0 Å². The lowest BCUT2D eigenvalue weighted by Gasteiger charge is -2.43. The van der Waals surface area contributed by atoms with Gasteiger partial charge in [-0.05, 0) is 168 Å². The van der Waals surface area contributed by atoms with Crippen molar-refractivity contribution < 1.29 is 4.42 Å². The summed E-state index contributed by atoms with van der Waals surface area (Å²) in [5.41, 5.74) is 26.6. The smallest absolute Gasteiger partial charge is 0.333 e. The molecule has 0 saturated heterocycles. The molecule has 0 radical (unpaired) electrons. The van der Waals surface area contributed by atoms with Gasteiger partial charge in [0.05, 0.1) is 5.69 Å². The Bertz CT molecular complexity index is 4270. The Morgan fingerprint density at radius 3 is 1.71 bits per heavy atom. The van der Waals surface area contributed by atoms with Crippen LogP contribution in [0.15, 0.2) is 174 Å². The molecule has 1 aliphatic carbocycles. The predicted octanol–water partition coefficient (Wildman–Crippen LogP) is 19.1. The Hall–Kier alpha value is -7.76. The van der Waals surface area contributed by atoms with Gasteiger partial charge in [0.15, 0.2) is 5.58 Å². The Kier molecular flexibility index (Phi) is 10.1. The second-order valence-corrected chi connectivity index (χ2v) is 27.5. The molecule has 78 heavy (non-hydrogen) atoms. The number of hydrogen-bond donors (Lipinski definition) is 0. The molecular formula is C73H70BN3O. The van der Waals surface area contributed by atoms with Crippen molar-refractivity contribution >= 4 is 95.6 Å². The molecule has 9 aromatic carbocycles. The molecule has 5 heteroatoms. The van der Waals surface area contributed by atoms with E-state index in [1.807, 2.05) is 0 Å². The first-order chi connectivity index (χ1) is 37.0. The van der Waals surface area contributed by atoms with E-state index in [-0.39, 0.29) is 33.9 Å². The molecule has 4 heterocycles. The molecule has 0 spiro atoms. The lowest BCUT2D eigenvalue weighted by atomic mass is 9.44. The molecule has 2 aliphatic heterocycles. The Labute approximate surface area is 461 Å². The molecule has 0 bridgehead atoms. The van der Waals surface area contributed by atoms with Crippen LogP contribution in [0.4, 0.5) is 34.1 Å². The van der Waals surface area contributed by atoms with Crippen molar-refractivity contribution in [1.29, 1.82) is 0 Å². The summed E-state index contributed by atoms with van der Waals surface area (Å²) in [5.74, 6) is 0. The second kappa shape index (κ2) is 16.2. The van der Waals surface area contributed by atoms with E-state index in [0.717, 1.165) is 50.4 Å². The van der Waals surface area contributed by atoms with E-state index >= 15 is 0 Å². The molecular weight excluding hydrogens is 946 g/mol. The Balaban J connectivity index is 1.15. The molecule has 11 aromatic rings. The lowest BCUT2D eigenvalue weighted by molar-refractivity contribution is 0.590. The largest absolute Gasteiger partial charge is 0.454 e. The number of benzene rings is 9. The SMILES string of the molecule is CC(C)(C)c1ccc(N(c2ccc(C(C)(C)C)cc2)c2ccc3c(c2)B2c4c(cc5c(c4-c4cc(C(C)(C)C)cc6c7cc(C(C)(C)C)ccc7n2c46)C(C)(C)c2ccccc2-5)N3c2cccc3c2oc2ccccc23)cc1. The van der Waals surface area contributed by atoms with Gasteiger partial charge in [-0.15, -0.1) is 0 Å². The minimum atomic E-state index is -0.292. The molecule has 2 aromatic heterocycles. The summed E-state index contributed by atoms with van der Waals surface area (Å²) in [6.07, 6.45) is 0. The predicted molar refractivity (Wildman–Crippen MR) is 334 cm³/mol. The van der Waals surface area contributed by atoms with E-state index in [1.165, 1.54) is 94.1 Å². The number of nitrogens with zero attached hydrogens (tertiary/aromatic N) is 3. The van der Waals surface area contributed by atoms with Gasteiger partial charge in [-0.3, -0.25) is 0 Å². The van der Waals surface area contributed by atoms with Crippen molar-refractivity contribution in [1.82, 2.24) is 4.48 Å². The maximum Gasteiger partial charge on any atom is 0.333 e. The second-order valence-electron chi connectivity index (χ2n) is 27.5. The van der Waals surface area contributed by atoms with Gasteiger partial charge in [0.1, 0.15) is 5.58 Å². The number of rotatable bonds is 4. The van der Waals surface area contributed by atoms with Crippen LogP contribution in [0, 0.1) is 0 Å². The first-order valence-electron chi connectivity index (χ1n) is 28.3. The Morgan fingerprint density at radius 1 is 0.449 bits per heavy atom. The normalized spacial score (nSPS) is 14.6. The zero-order valence-electron chi connectivity index (χ0n) is 48.0. The monoisotopic (exact) mass is 1020 g/mol. The van der Waals surface area contributed by atoms with Gasteiger partial charge in [0.25, 0.3) is 0 Å².